The molecule has 138 valence electrons. The molecule has 0 aliphatic carbocycles. The largest absolute Gasteiger partial charge is 0.504 e. The Morgan fingerprint density at radius 3 is 2.74 bits per heavy atom. The minimum absolute atomic E-state index is 0.133. The van der Waals surface area contributed by atoms with Crippen LogP contribution in [0.4, 0.5) is 5.95 Å². The van der Waals surface area contributed by atoms with Gasteiger partial charge in [0.05, 0.1) is 23.7 Å². The molecule has 0 saturated heterocycles. The molecule has 8 heteroatoms. The van der Waals surface area contributed by atoms with Crippen LogP contribution in [0.25, 0.3) is 11.0 Å². The Kier molecular flexibility index (Phi) is 3.95. The standard InChI is InChI=1S/C19H17N3O5/c1-2-27-18(26)15-16(10-7-8-13(23)14(24)9-10)22-12-6-4-3-5-11(12)20-19(22)21-17(15)25/h3-9,15-16,23-24H,2H2,1H3,(H,20,21,25)/t15-,16-/m0/s1. The average molecular weight is 367 g/mol. The number of phenolic OH excluding ortho intramolecular Hbond substituents is 2. The van der Waals surface area contributed by atoms with Crippen molar-refractivity contribution in [1.29, 1.82) is 0 Å². The molecule has 2 heterocycles. The second-order valence-electron chi connectivity index (χ2n) is 6.21. The highest BCUT2D eigenvalue weighted by molar-refractivity contribution is 6.07. The summed E-state index contributed by atoms with van der Waals surface area (Å²) in [6, 6.07) is 10.7. The lowest BCUT2D eigenvalue weighted by molar-refractivity contribution is -0.152. The van der Waals surface area contributed by atoms with E-state index in [-0.39, 0.29) is 18.1 Å². The molecule has 0 radical (unpaired) electrons. The van der Waals surface area contributed by atoms with Crippen molar-refractivity contribution in [1.82, 2.24) is 9.55 Å². The summed E-state index contributed by atoms with van der Waals surface area (Å²) in [6.45, 7) is 1.80. The molecule has 1 aliphatic rings. The number of carbonyl (C=O) groups is 2. The number of imidazole rings is 1. The monoisotopic (exact) mass is 367 g/mol. The van der Waals surface area contributed by atoms with Gasteiger partial charge in [0.2, 0.25) is 11.9 Å². The Morgan fingerprint density at radius 1 is 1.22 bits per heavy atom. The van der Waals surface area contributed by atoms with E-state index < -0.39 is 23.8 Å². The highest BCUT2D eigenvalue weighted by Crippen LogP contribution is 2.40. The van der Waals surface area contributed by atoms with Crippen LogP contribution in [0.15, 0.2) is 42.5 Å². The Bertz CT molecular complexity index is 1060. The first-order valence-corrected chi connectivity index (χ1v) is 8.47. The Hall–Kier alpha value is -3.55. The molecule has 8 nitrogen and oxygen atoms in total. The van der Waals surface area contributed by atoms with Gasteiger partial charge in [-0.3, -0.25) is 14.9 Å². The molecule has 0 spiro atoms. The average Bonchev–Trinajstić information content (AvgIpc) is 3.00. The fourth-order valence-electron chi connectivity index (χ4n) is 3.43. The van der Waals surface area contributed by atoms with Gasteiger partial charge in [-0.05, 0) is 36.8 Å². The third-order valence-electron chi connectivity index (χ3n) is 4.59. The fraction of sp³-hybridized carbons (Fsp3) is 0.211. The number of esters is 1. The molecule has 0 fully saturated rings. The summed E-state index contributed by atoms with van der Waals surface area (Å²) in [5.41, 5.74) is 1.85. The third-order valence-corrected chi connectivity index (χ3v) is 4.59. The lowest BCUT2D eigenvalue weighted by Crippen LogP contribution is -2.43. The van der Waals surface area contributed by atoms with Crippen LogP contribution >= 0.6 is 0 Å². The van der Waals surface area contributed by atoms with Crippen LogP contribution in [0.3, 0.4) is 0 Å². The number of fused-ring (bicyclic) bond motifs is 3. The number of aromatic hydroxyl groups is 2. The second-order valence-corrected chi connectivity index (χ2v) is 6.21. The second kappa shape index (κ2) is 6.31. The van der Waals surface area contributed by atoms with Crippen molar-refractivity contribution < 1.29 is 24.5 Å². The van der Waals surface area contributed by atoms with Crippen molar-refractivity contribution >= 4 is 28.9 Å². The lowest BCUT2D eigenvalue weighted by Gasteiger charge is -2.32. The number of para-hydroxylation sites is 2. The number of nitrogens with zero attached hydrogens (tertiary/aromatic N) is 2. The van der Waals surface area contributed by atoms with Gasteiger partial charge in [0.1, 0.15) is 0 Å². The van der Waals surface area contributed by atoms with Gasteiger partial charge in [0, 0.05) is 0 Å². The summed E-state index contributed by atoms with van der Waals surface area (Å²) in [6.07, 6.45) is 0. The number of anilines is 1. The summed E-state index contributed by atoms with van der Waals surface area (Å²) in [7, 11) is 0. The lowest BCUT2D eigenvalue weighted by atomic mass is 9.90. The Balaban J connectivity index is 1.97. The molecule has 3 N–H and O–H groups in total. The SMILES string of the molecule is CCOC(=O)[C@@H]1C(=O)Nc2nc3ccccc3n2[C@H]1c1ccc(O)c(O)c1. The smallest absolute Gasteiger partial charge is 0.321 e. The maximum Gasteiger partial charge on any atom is 0.321 e. The van der Waals surface area contributed by atoms with Crippen LogP contribution in [0.2, 0.25) is 0 Å². The maximum absolute atomic E-state index is 12.7. The zero-order valence-electron chi connectivity index (χ0n) is 14.4. The van der Waals surface area contributed by atoms with Gasteiger partial charge in [0.25, 0.3) is 0 Å². The number of phenols is 2. The van der Waals surface area contributed by atoms with E-state index in [9.17, 15) is 19.8 Å². The van der Waals surface area contributed by atoms with Crippen LogP contribution in [0.5, 0.6) is 11.5 Å². The minimum atomic E-state index is -1.17. The molecule has 1 amide bonds. The van der Waals surface area contributed by atoms with E-state index in [4.69, 9.17) is 4.74 Å². The summed E-state index contributed by atoms with van der Waals surface area (Å²) in [5.74, 6) is -2.70. The van der Waals surface area contributed by atoms with Crippen molar-refractivity contribution in [3.63, 3.8) is 0 Å². The van der Waals surface area contributed by atoms with Crippen LogP contribution in [0, 0.1) is 5.92 Å². The number of hydrogen-bond donors (Lipinski definition) is 3. The fourth-order valence-corrected chi connectivity index (χ4v) is 3.43. The summed E-state index contributed by atoms with van der Waals surface area (Å²) in [5, 5.41) is 22.3. The van der Waals surface area contributed by atoms with Gasteiger partial charge < -0.3 is 19.5 Å². The Morgan fingerprint density at radius 2 is 2.00 bits per heavy atom. The predicted molar refractivity (Wildman–Crippen MR) is 96.4 cm³/mol. The third kappa shape index (κ3) is 2.66. The summed E-state index contributed by atoms with van der Waals surface area (Å²) in [4.78, 5) is 29.7. The van der Waals surface area contributed by atoms with E-state index in [2.05, 4.69) is 10.3 Å². The van der Waals surface area contributed by atoms with E-state index in [1.807, 2.05) is 18.2 Å². The molecule has 3 aromatic rings. The Labute approximate surface area is 154 Å². The van der Waals surface area contributed by atoms with E-state index >= 15 is 0 Å². The van der Waals surface area contributed by atoms with Gasteiger partial charge in [-0.2, -0.15) is 0 Å². The molecular weight excluding hydrogens is 350 g/mol. The van der Waals surface area contributed by atoms with Crippen molar-refractivity contribution in [2.75, 3.05) is 11.9 Å². The number of carbonyl (C=O) groups excluding carboxylic acids is 2. The first-order valence-electron chi connectivity index (χ1n) is 8.47. The number of rotatable bonds is 3. The predicted octanol–water partition coefficient (Wildman–Crippen LogP) is 2.17. The van der Waals surface area contributed by atoms with Crippen LogP contribution < -0.4 is 5.32 Å². The normalized spacial score (nSPS) is 18.8. The van der Waals surface area contributed by atoms with Crippen molar-refractivity contribution in [2.45, 2.75) is 13.0 Å². The number of aromatic nitrogens is 2. The molecule has 2 atom stereocenters. The van der Waals surface area contributed by atoms with Crippen LogP contribution in [0.1, 0.15) is 18.5 Å². The number of nitrogens with one attached hydrogen (secondary N) is 1. The first kappa shape index (κ1) is 16.9. The molecule has 0 saturated carbocycles. The van der Waals surface area contributed by atoms with Gasteiger partial charge in [-0.1, -0.05) is 18.2 Å². The van der Waals surface area contributed by atoms with Gasteiger partial charge in [-0.25, -0.2) is 4.98 Å². The number of benzene rings is 2. The molecule has 0 unspecified atom stereocenters. The molecule has 0 bridgehead atoms. The molecular formula is C19H17N3O5. The van der Waals surface area contributed by atoms with E-state index in [0.29, 0.717) is 17.0 Å². The molecule has 1 aromatic heterocycles. The van der Waals surface area contributed by atoms with E-state index in [1.54, 1.807) is 23.6 Å². The number of amides is 1. The zero-order valence-corrected chi connectivity index (χ0v) is 14.4. The highest BCUT2D eigenvalue weighted by atomic mass is 16.5. The molecule has 27 heavy (non-hydrogen) atoms. The van der Waals surface area contributed by atoms with Gasteiger partial charge in [-0.15, -0.1) is 0 Å². The minimum Gasteiger partial charge on any atom is -0.504 e. The van der Waals surface area contributed by atoms with Crippen molar-refractivity contribution in [2.24, 2.45) is 5.92 Å². The number of hydrogen-bond acceptors (Lipinski definition) is 6. The van der Waals surface area contributed by atoms with Crippen LogP contribution in [-0.4, -0.2) is 38.2 Å². The van der Waals surface area contributed by atoms with E-state index in [0.717, 1.165) is 5.52 Å². The molecule has 2 aromatic carbocycles. The zero-order chi connectivity index (χ0) is 19.1. The van der Waals surface area contributed by atoms with E-state index in [1.165, 1.54) is 12.1 Å². The molecule has 1 aliphatic heterocycles. The molecule has 4 rings (SSSR count). The van der Waals surface area contributed by atoms with Crippen molar-refractivity contribution in [3.05, 3.63) is 48.0 Å². The highest BCUT2D eigenvalue weighted by Gasteiger charge is 2.44. The van der Waals surface area contributed by atoms with Crippen molar-refractivity contribution in [3.8, 4) is 11.5 Å². The summed E-state index contributed by atoms with van der Waals surface area (Å²) >= 11 is 0. The quantitative estimate of drug-likeness (QED) is 0.371. The maximum atomic E-state index is 12.7. The first-order chi connectivity index (χ1) is 13.0. The van der Waals surface area contributed by atoms with Crippen LogP contribution in [-0.2, 0) is 14.3 Å². The number of ether oxygens (including phenoxy) is 1. The van der Waals surface area contributed by atoms with Gasteiger partial charge >= 0.3 is 5.97 Å². The topological polar surface area (TPSA) is 114 Å². The summed E-state index contributed by atoms with van der Waals surface area (Å²) < 4.78 is 6.86. The van der Waals surface area contributed by atoms with Gasteiger partial charge in [0.15, 0.2) is 17.4 Å².